The monoisotopic (exact) mass is 380 g/mol. The van der Waals surface area contributed by atoms with Gasteiger partial charge in [-0.1, -0.05) is 25.4 Å². The van der Waals surface area contributed by atoms with Gasteiger partial charge in [-0.3, -0.25) is 14.4 Å². The number of carboxylic acid groups (broad SMARTS) is 1. The van der Waals surface area contributed by atoms with Crippen molar-refractivity contribution >= 4 is 35.1 Å². The van der Waals surface area contributed by atoms with Gasteiger partial charge in [-0.2, -0.15) is 0 Å². The van der Waals surface area contributed by atoms with Crippen LogP contribution in [-0.2, 0) is 9.59 Å². The molecule has 2 rings (SSSR count). The Balaban J connectivity index is 2.20. The van der Waals surface area contributed by atoms with Gasteiger partial charge in [0, 0.05) is 30.6 Å². The van der Waals surface area contributed by atoms with Crippen molar-refractivity contribution in [3.8, 4) is 0 Å². The van der Waals surface area contributed by atoms with Gasteiger partial charge in [0.05, 0.1) is 10.6 Å². The maximum absolute atomic E-state index is 13.0. The third kappa shape index (κ3) is 5.21. The van der Waals surface area contributed by atoms with E-state index in [-0.39, 0.29) is 30.2 Å². The van der Waals surface area contributed by atoms with E-state index in [4.69, 9.17) is 16.7 Å². The second-order valence-corrected chi connectivity index (χ2v) is 7.33. The number of carboxylic acids is 1. The number of nitrogens with zero attached hydrogens (tertiary/aromatic N) is 1. The van der Waals surface area contributed by atoms with Gasteiger partial charge in [0.15, 0.2) is 0 Å². The van der Waals surface area contributed by atoms with Crippen LogP contribution in [0.15, 0.2) is 18.2 Å². The standard InChI is InChI=1S/C19H25ClN2O4/c1-12(2)18(25)21-13-6-8-16(20)15(11-13)19(26)22-10-4-3-5-14(22)7-9-17(23)24/h6,8,11-12,14H,3-5,7,9-10H2,1-2H3,(H,21,25)(H,23,24). The molecule has 0 aromatic heterocycles. The van der Waals surface area contributed by atoms with E-state index in [0.29, 0.717) is 29.2 Å². The van der Waals surface area contributed by atoms with Crippen LogP contribution < -0.4 is 5.32 Å². The van der Waals surface area contributed by atoms with Crippen LogP contribution in [-0.4, -0.2) is 40.4 Å². The summed E-state index contributed by atoms with van der Waals surface area (Å²) < 4.78 is 0. The summed E-state index contributed by atoms with van der Waals surface area (Å²) in [6.07, 6.45) is 3.12. The summed E-state index contributed by atoms with van der Waals surface area (Å²) in [5.41, 5.74) is 0.853. The molecular weight excluding hydrogens is 356 g/mol. The molecular formula is C19H25ClN2O4. The topological polar surface area (TPSA) is 86.7 Å². The van der Waals surface area contributed by atoms with Gasteiger partial charge in [-0.25, -0.2) is 0 Å². The number of rotatable bonds is 6. The van der Waals surface area contributed by atoms with Gasteiger partial charge in [-0.15, -0.1) is 0 Å². The Morgan fingerprint density at radius 3 is 2.69 bits per heavy atom. The maximum Gasteiger partial charge on any atom is 0.303 e. The van der Waals surface area contributed by atoms with Crippen LogP contribution in [0.3, 0.4) is 0 Å². The Kier molecular flexibility index (Phi) is 7.03. The zero-order chi connectivity index (χ0) is 19.3. The molecule has 1 aliphatic heterocycles. The number of nitrogens with one attached hydrogen (secondary N) is 1. The molecule has 1 heterocycles. The van der Waals surface area contributed by atoms with Crippen LogP contribution >= 0.6 is 11.6 Å². The first kappa shape index (κ1) is 20.2. The van der Waals surface area contributed by atoms with Crippen LogP contribution in [0.2, 0.25) is 5.02 Å². The molecule has 0 spiro atoms. The minimum atomic E-state index is -0.862. The van der Waals surface area contributed by atoms with Gasteiger partial charge in [0.25, 0.3) is 5.91 Å². The minimum absolute atomic E-state index is 0.0344. The molecule has 0 radical (unpaired) electrons. The summed E-state index contributed by atoms with van der Waals surface area (Å²) >= 11 is 6.23. The lowest BCUT2D eigenvalue weighted by Crippen LogP contribution is -2.44. The highest BCUT2D eigenvalue weighted by Crippen LogP contribution is 2.27. The quantitative estimate of drug-likeness (QED) is 0.785. The van der Waals surface area contributed by atoms with Gasteiger partial charge in [0.1, 0.15) is 0 Å². The van der Waals surface area contributed by atoms with Crippen molar-refractivity contribution in [2.45, 2.75) is 52.0 Å². The number of hydrogen-bond acceptors (Lipinski definition) is 3. The third-order valence-corrected chi connectivity index (χ3v) is 4.90. The van der Waals surface area contributed by atoms with Crippen LogP contribution in [0.25, 0.3) is 0 Å². The Morgan fingerprint density at radius 2 is 2.04 bits per heavy atom. The highest BCUT2D eigenvalue weighted by molar-refractivity contribution is 6.34. The Labute approximate surface area is 158 Å². The van der Waals surface area contributed by atoms with E-state index in [1.54, 1.807) is 36.9 Å². The number of carbonyl (C=O) groups excluding carboxylic acids is 2. The number of halogens is 1. The molecule has 26 heavy (non-hydrogen) atoms. The van der Waals surface area contributed by atoms with E-state index in [1.807, 2.05) is 0 Å². The molecule has 0 saturated carbocycles. The van der Waals surface area contributed by atoms with Gasteiger partial charge >= 0.3 is 5.97 Å². The highest BCUT2D eigenvalue weighted by atomic mass is 35.5. The van der Waals surface area contributed by atoms with E-state index in [0.717, 1.165) is 19.3 Å². The number of benzene rings is 1. The Bertz CT molecular complexity index is 690. The van der Waals surface area contributed by atoms with Crippen molar-refractivity contribution in [3.63, 3.8) is 0 Å². The number of aliphatic carboxylic acids is 1. The highest BCUT2D eigenvalue weighted by Gasteiger charge is 2.29. The number of piperidine rings is 1. The molecule has 1 aromatic rings. The van der Waals surface area contributed by atoms with Crippen LogP contribution in [0, 0.1) is 5.92 Å². The molecule has 0 bridgehead atoms. The van der Waals surface area contributed by atoms with Gasteiger partial charge in [-0.05, 0) is 43.9 Å². The molecule has 1 saturated heterocycles. The summed E-state index contributed by atoms with van der Waals surface area (Å²) in [5.74, 6) is -1.39. The second-order valence-electron chi connectivity index (χ2n) is 6.92. The molecule has 142 valence electrons. The molecule has 0 aliphatic carbocycles. The van der Waals surface area contributed by atoms with E-state index in [2.05, 4.69) is 5.32 Å². The first-order valence-corrected chi connectivity index (χ1v) is 9.30. The smallest absolute Gasteiger partial charge is 0.303 e. The first-order chi connectivity index (χ1) is 12.3. The molecule has 7 heteroatoms. The molecule has 1 atom stereocenters. The minimum Gasteiger partial charge on any atom is -0.481 e. The average Bonchev–Trinajstić information content (AvgIpc) is 2.61. The number of carbonyl (C=O) groups is 3. The summed E-state index contributed by atoms with van der Waals surface area (Å²) in [6, 6.07) is 4.75. The second kappa shape index (κ2) is 9.03. The molecule has 2 amide bonds. The predicted octanol–water partition coefficient (Wildman–Crippen LogP) is 3.79. The van der Waals surface area contributed by atoms with Crippen LogP contribution in [0.1, 0.15) is 56.3 Å². The molecule has 1 fully saturated rings. The van der Waals surface area contributed by atoms with E-state index < -0.39 is 5.97 Å². The number of hydrogen-bond donors (Lipinski definition) is 2. The van der Waals surface area contributed by atoms with Crippen molar-refractivity contribution in [1.82, 2.24) is 4.90 Å². The van der Waals surface area contributed by atoms with Crippen molar-refractivity contribution in [2.24, 2.45) is 5.92 Å². The fraction of sp³-hybridized carbons (Fsp3) is 0.526. The lowest BCUT2D eigenvalue weighted by atomic mass is 9.96. The number of likely N-dealkylation sites (tertiary alicyclic amines) is 1. The lowest BCUT2D eigenvalue weighted by molar-refractivity contribution is -0.137. The van der Waals surface area contributed by atoms with E-state index in [1.165, 1.54) is 0 Å². The zero-order valence-electron chi connectivity index (χ0n) is 15.1. The van der Waals surface area contributed by atoms with Crippen molar-refractivity contribution in [2.75, 3.05) is 11.9 Å². The van der Waals surface area contributed by atoms with Crippen LogP contribution in [0.4, 0.5) is 5.69 Å². The fourth-order valence-electron chi connectivity index (χ4n) is 3.07. The SMILES string of the molecule is CC(C)C(=O)Nc1ccc(Cl)c(C(=O)N2CCCCC2CCC(=O)O)c1. The van der Waals surface area contributed by atoms with Crippen molar-refractivity contribution in [1.29, 1.82) is 0 Å². The third-order valence-electron chi connectivity index (χ3n) is 4.57. The maximum atomic E-state index is 13.0. The number of anilines is 1. The van der Waals surface area contributed by atoms with Crippen molar-refractivity contribution < 1.29 is 19.5 Å². The molecule has 1 unspecified atom stereocenters. The Morgan fingerprint density at radius 1 is 1.31 bits per heavy atom. The fourth-order valence-corrected chi connectivity index (χ4v) is 3.26. The number of amides is 2. The van der Waals surface area contributed by atoms with Crippen molar-refractivity contribution in [3.05, 3.63) is 28.8 Å². The molecule has 6 nitrogen and oxygen atoms in total. The summed E-state index contributed by atoms with van der Waals surface area (Å²) in [6.45, 7) is 4.16. The summed E-state index contributed by atoms with van der Waals surface area (Å²) in [4.78, 5) is 37.5. The van der Waals surface area contributed by atoms with Crippen LogP contribution in [0.5, 0.6) is 0 Å². The molecule has 2 N–H and O–H groups in total. The largest absolute Gasteiger partial charge is 0.481 e. The lowest BCUT2D eigenvalue weighted by Gasteiger charge is -2.36. The normalized spacial score (nSPS) is 17.2. The molecule has 1 aromatic carbocycles. The summed E-state index contributed by atoms with van der Waals surface area (Å²) in [7, 11) is 0. The summed E-state index contributed by atoms with van der Waals surface area (Å²) in [5, 5.41) is 12.0. The van der Waals surface area contributed by atoms with E-state index >= 15 is 0 Å². The van der Waals surface area contributed by atoms with Gasteiger partial charge < -0.3 is 15.3 Å². The molecule has 1 aliphatic rings. The Hall–Kier alpha value is -2.08. The predicted molar refractivity (Wildman–Crippen MR) is 100 cm³/mol. The first-order valence-electron chi connectivity index (χ1n) is 8.92. The van der Waals surface area contributed by atoms with E-state index in [9.17, 15) is 14.4 Å². The zero-order valence-corrected chi connectivity index (χ0v) is 15.9. The van der Waals surface area contributed by atoms with Gasteiger partial charge in [0.2, 0.25) is 5.91 Å². The average molecular weight is 381 g/mol.